The Hall–Kier alpha value is -1.71. The summed E-state index contributed by atoms with van der Waals surface area (Å²) in [6.45, 7) is 8.95. The number of hydrogen-bond acceptors (Lipinski definition) is 3. The molecule has 2 aromatic rings. The molecule has 2 heterocycles. The van der Waals surface area contributed by atoms with Crippen LogP contribution in [0, 0.1) is 0 Å². The van der Waals surface area contributed by atoms with Crippen molar-refractivity contribution in [2.45, 2.75) is 38.6 Å². The first kappa shape index (κ1) is 17.1. The van der Waals surface area contributed by atoms with Crippen LogP contribution in [0.25, 0.3) is 0 Å². The number of nitrogens with one attached hydrogen (secondary N) is 1. The first-order valence-electron chi connectivity index (χ1n) is 9.18. The normalized spacial score (nSPS) is 17.6. The predicted octanol–water partition coefficient (Wildman–Crippen LogP) is 3.78. The van der Waals surface area contributed by atoms with Gasteiger partial charge in [-0.2, -0.15) is 0 Å². The molecule has 1 aromatic carbocycles. The molecule has 3 heteroatoms. The van der Waals surface area contributed by atoms with Gasteiger partial charge in [-0.1, -0.05) is 44.2 Å². The molecule has 0 spiro atoms. The van der Waals surface area contributed by atoms with Crippen LogP contribution in [0.4, 0.5) is 0 Å². The predicted molar refractivity (Wildman–Crippen MR) is 100 cm³/mol. The van der Waals surface area contributed by atoms with Gasteiger partial charge in [0.15, 0.2) is 0 Å². The van der Waals surface area contributed by atoms with Crippen LogP contribution in [0.5, 0.6) is 0 Å². The number of pyridine rings is 1. The Labute approximate surface area is 146 Å². The van der Waals surface area contributed by atoms with Crippen molar-refractivity contribution in [3.8, 4) is 0 Å². The Morgan fingerprint density at radius 2 is 1.79 bits per heavy atom. The Balaban J connectivity index is 1.85. The summed E-state index contributed by atoms with van der Waals surface area (Å²) in [5, 5.41) is 3.51. The van der Waals surface area contributed by atoms with E-state index in [0.29, 0.717) is 12.0 Å². The number of rotatable bonds is 5. The summed E-state index contributed by atoms with van der Waals surface area (Å²) < 4.78 is 0. The molecule has 0 radical (unpaired) electrons. The summed E-state index contributed by atoms with van der Waals surface area (Å²) >= 11 is 0. The summed E-state index contributed by atoms with van der Waals surface area (Å²) in [7, 11) is 0. The van der Waals surface area contributed by atoms with Gasteiger partial charge in [-0.15, -0.1) is 0 Å². The number of benzene rings is 1. The maximum Gasteiger partial charge on any atom is 0.0422 e. The van der Waals surface area contributed by atoms with Gasteiger partial charge >= 0.3 is 0 Å². The minimum atomic E-state index is 0.404. The zero-order valence-corrected chi connectivity index (χ0v) is 14.9. The van der Waals surface area contributed by atoms with Gasteiger partial charge in [0.25, 0.3) is 0 Å². The quantitative estimate of drug-likeness (QED) is 0.907. The first-order valence-corrected chi connectivity index (χ1v) is 9.18. The van der Waals surface area contributed by atoms with Crippen LogP contribution < -0.4 is 5.32 Å². The Kier molecular flexibility index (Phi) is 6.00. The molecule has 1 fully saturated rings. The summed E-state index contributed by atoms with van der Waals surface area (Å²) in [6.07, 6.45) is 4.09. The number of nitrogens with zero attached hydrogens (tertiary/aromatic N) is 2. The van der Waals surface area contributed by atoms with Crippen molar-refractivity contribution in [1.29, 1.82) is 0 Å². The molecule has 1 saturated heterocycles. The third kappa shape index (κ3) is 4.43. The molecular formula is C21H29N3. The highest BCUT2D eigenvalue weighted by atomic mass is 15.2. The van der Waals surface area contributed by atoms with Crippen LogP contribution in [0.2, 0.25) is 0 Å². The van der Waals surface area contributed by atoms with Gasteiger partial charge in [-0.05, 0) is 42.1 Å². The molecule has 1 atom stereocenters. The Morgan fingerprint density at radius 1 is 1.00 bits per heavy atom. The van der Waals surface area contributed by atoms with Crippen molar-refractivity contribution >= 4 is 0 Å². The second-order valence-electron chi connectivity index (χ2n) is 7.00. The summed E-state index contributed by atoms with van der Waals surface area (Å²) in [4.78, 5) is 7.19. The molecule has 3 nitrogen and oxygen atoms in total. The molecule has 1 N–H and O–H groups in total. The van der Waals surface area contributed by atoms with Gasteiger partial charge in [0.2, 0.25) is 0 Å². The molecule has 3 rings (SSSR count). The number of hydrogen-bond donors (Lipinski definition) is 1. The van der Waals surface area contributed by atoms with E-state index in [2.05, 4.69) is 65.4 Å². The molecule has 1 unspecified atom stereocenters. The van der Waals surface area contributed by atoms with Crippen LogP contribution in [-0.2, 0) is 6.42 Å². The summed E-state index contributed by atoms with van der Waals surface area (Å²) in [5.74, 6) is 0.579. The van der Waals surface area contributed by atoms with E-state index in [9.17, 15) is 0 Å². The van der Waals surface area contributed by atoms with Crippen molar-refractivity contribution in [1.82, 2.24) is 15.2 Å². The van der Waals surface area contributed by atoms with Gasteiger partial charge in [-0.3, -0.25) is 9.88 Å². The standard InChI is InChI=1S/C21H29N3/c1-17(2)18-7-9-19(10-8-18)21(16-20-6-3-4-12-23-20)24-14-5-11-22-13-15-24/h3-4,6-10,12,17,21-22H,5,11,13-16H2,1-2H3. The minimum absolute atomic E-state index is 0.404. The summed E-state index contributed by atoms with van der Waals surface area (Å²) in [6, 6.07) is 15.9. The van der Waals surface area contributed by atoms with Gasteiger partial charge in [0, 0.05) is 44.0 Å². The zero-order chi connectivity index (χ0) is 16.8. The summed E-state index contributed by atoms with van der Waals surface area (Å²) in [5.41, 5.74) is 3.99. The lowest BCUT2D eigenvalue weighted by Crippen LogP contribution is -2.33. The van der Waals surface area contributed by atoms with Crippen LogP contribution in [0.15, 0.2) is 48.7 Å². The van der Waals surface area contributed by atoms with E-state index in [1.165, 1.54) is 23.2 Å². The average molecular weight is 323 g/mol. The first-order chi connectivity index (χ1) is 11.7. The molecule has 0 aliphatic carbocycles. The smallest absolute Gasteiger partial charge is 0.0422 e. The second-order valence-corrected chi connectivity index (χ2v) is 7.00. The minimum Gasteiger partial charge on any atom is -0.315 e. The average Bonchev–Trinajstić information content (AvgIpc) is 2.90. The zero-order valence-electron chi connectivity index (χ0n) is 14.9. The van der Waals surface area contributed by atoms with Crippen molar-refractivity contribution in [2.75, 3.05) is 26.2 Å². The van der Waals surface area contributed by atoms with E-state index in [4.69, 9.17) is 0 Å². The van der Waals surface area contributed by atoms with Gasteiger partial charge in [0.05, 0.1) is 0 Å². The fourth-order valence-electron chi connectivity index (χ4n) is 3.46. The third-order valence-electron chi connectivity index (χ3n) is 4.93. The second kappa shape index (κ2) is 8.41. The van der Waals surface area contributed by atoms with E-state index >= 15 is 0 Å². The SMILES string of the molecule is CC(C)c1ccc(C(Cc2ccccn2)N2CCCNCC2)cc1. The Morgan fingerprint density at radius 3 is 2.50 bits per heavy atom. The molecule has 24 heavy (non-hydrogen) atoms. The molecule has 1 aliphatic heterocycles. The highest BCUT2D eigenvalue weighted by Crippen LogP contribution is 2.27. The molecule has 0 saturated carbocycles. The van der Waals surface area contributed by atoms with Gasteiger partial charge < -0.3 is 5.32 Å². The molecule has 128 valence electrons. The lowest BCUT2D eigenvalue weighted by atomic mass is 9.95. The van der Waals surface area contributed by atoms with E-state index < -0.39 is 0 Å². The van der Waals surface area contributed by atoms with Crippen LogP contribution in [-0.4, -0.2) is 36.1 Å². The monoisotopic (exact) mass is 323 g/mol. The van der Waals surface area contributed by atoms with Gasteiger partial charge in [-0.25, -0.2) is 0 Å². The molecular weight excluding hydrogens is 294 g/mol. The van der Waals surface area contributed by atoms with Gasteiger partial charge in [0.1, 0.15) is 0 Å². The topological polar surface area (TPSA) is 28.2 Å². The van der Waals surface area contributed by atoms with Crippen molar-refractivity contribution in [3.05, 3.63) is 65.5 Å². The fourth-order valence-corrected chi connectivity index (χ4v) is 3.46. The molecule has 1 aliphatic rings. The Bertz CT molecular complexity index is 599. The molecule has 1 aromatic heterocycles. The maximum absolute atomic E-state index is 4.57. The van der Waals surface area contributed by atoms with E-state index in [-0.39, 0.29) is 0 Å². The van der Waals surface area contributed by atoms with Crippen molar-refractivity contribution in [2.24, 2.45) is 0 Å². The van der Waals surface area contributed by atoms with E-state index in [1.807, 2.05) is 12.3 Å². The fraction of sp³-hybridized carbons (Fsp3) is 0.476. The maximum atomic E-state index is 4.57. The van der Waals surface area contributed by atoms with E-state index in [0.717, 1.165) is 32.6 Å². The largest absolute Gasteiger partial charge is 0.315 e. The lowest BCUT2D eigenvalue weighted by molar-refractivity contribution is 0.208. The van der Waals surface area contributed by atoms with Crippen LogP contribution >= 0.6 is 0 Å². The molecule has 0 bridgehead atoms. The van der Waals surface area contributed by atoms with E-state index in [1.54, 1.807) is 0 Å². The van der Waals surface area contributed by atoms with Crippen molar-refractivity contribution in [3.63, 3.8) is 0 Å². The van der Waals surface area contributed by atoms with Crippen LogP contribution in [0.1, 0.15) is 49.0 Å². The highest BCUT2D eigenvalue weighted by molar-refractivity contribution is 5.28. The molecule has 0 amide bonds. The van der Waals surface area contributed by atoms with Crippen LogP contribution in [0.3, 0.4) is 0 Å². The highest BCUT2D eigenvalue weighted by Gasteiger charge is 2.22. The third-order valence-corrected chi connectivity index (χ3v) is 4.93. The van der Waals surface area contributed by atoms with Crippen molar-refractivity contribution < 1.29 is 0 Å². The lowest BCUT2D eigenvalue weighted by Gasteiger charge is -2.31. The number of aromatic nitrogens is 1.